The van der Waals surface area contributed by atoms with E-state index in [4.69, 9.17) is 16.3 Å². The maximum atomic E-state index is 12.1. The molecular weight excluding hydrogens is 330 g/mol. The molecule has 1 aromatic rings. The number of halogens is 1. The molecule has 22 heavy (non-hydrogen) atoms. The molecule has 1 aromatic carbocycles. The van der Waals surface area contributed by atoms with Gasteiger partial charge in [-0.25, -0.2) is 13.2 Å². The standard InChI is InChI=1S/C14H18ClNO5S/c1-8(2)16-13(17)9(3)21-14(18)11-7-10(22(4,19)20)5-6-12(11)15/h5-9H,1-4H3,(H,16,17)/t9-/m1/s1. The lowest BCUT2D eigenvalue weighted by molar-refractivity contribution is -0.129. The third kappa shape index (κ3) is 4.99. The molecule has 0 radical (unpaired) electrons. The zero-order chi connectivity index (χ0) is 17.1. The molecule has 0 aliphatic rings. The van der Waals surface area contributed by atoms with E-state index >= 15 is 0 Å². The molecule has 0 spiro atoms. The second kappa shape index (κ2) is 7.11. The Kier molecular flexibility index (Phi) is 5.96. The number of benzene rings is 1. The molecule has 1 atom stereocenters. The molecule has 122 valence electrons. The number of ether oxygens (including phenoxy) is 1. The number of sulfone groups is 1. The van der Waals surface area contributed by atoms with Gasteiger partial charge in [0.15, 0.2) is 15.9 Å². The molecule has 0 fully saturated rings. The molecule has 0 aromatic heterocycles. The van der Waals surface area contributed by atoms with E-state index in [0.29, 0.717) is 0 Å². The first-order valence-electron chi connectivity index (χ1n) is 6.53. The van der Waals surface area contributed by atoms with Gasteiger partial charge in [-0.15, -0.1) is 0 Å². The maximum Gasteiger partial charge on any atom is 0.340 e. The van der Waals surface area contributed by atoms with Crippen LogP contribution in [-0.2, 0) is 19.4 Å². The van der Waals surface area contributed by atoms with Crippen molar-refractivity contribution >= 4 is 33.3 Å². The van der Waals surface area contributed by atoms with Crippen LogP contribution >= 0.6 is 11.6 Å². The molecular formula is C14H18ClNO5S. The number of hydrogen-bond acceptors (Lipinski definition) is 5. The van der Waals surface area contributed by atoms with Crippen molar-refractivity contribution in [2.45, 2.75) is 37.8 Å². The van der Waals surface area contributed by atoms with Gasteiger partial charge in [0.05, 0.1) is 15.5 Å². The second-order valence-corrected chi connectivity index (χ2v) is 7.55. The van der Waals surface area contributed by atoms with Crippen LogP contribution < -0.4 is 5.32 Å². The number of esters is 1. The molecule has 8 heteroatoms. The largest absolute Gasteiger partial charge is 0.449 e. The lowest BCUT2D eigenvalue weighted by Gasteiger charge is -2.16. The predicted molar refractivity (Wildman–Crippen MR) is 82.7 cm³/mol. The number of hydrogen-bond donors (Lipinski definition) is 1. The summed E-state index contributed by atoms with van der Waals surface area (Å²) in [5.74, 6) is -1.30. The molecule has 6 nitrogen and oxygen atoms in total. The Morgan fingerprint density at radius 3 is 2.32 bits per heavy atom. The third-order valence-corrected chi connectivity index (χ3v) is 4.11. The van der Waals surface area contributed by atoms with Crippen LogP contribution in [0.2, 0.25) is 5.02 Å². The second-order valence-electron chi connectivity index (χ2n) is 5.12. The van der Waals surface area contributed by atoms with E-state index in [1.807, 2.05) is 0 Å². The average molecular weight is 348 g/mol. The normalized spacial score (nSPS) is 12.8. The smallest absolute Gasteiger partial charge is 0.340 e. The van der Waals surface area contributed by atoms with Crippen LogP contribution in [0.25, 0.3) is 0 Å². The van der Waals surface area contributed by atoms with Gasteiger partial charge in [0, 0.05) is 12.3 Å². The highest BCUT2D eigenvalue weighted by Gasteiger charge is 2.22. The molecule has 1 N–H and O–H groups in total. The Hall–Kier alpha value is -1.60. The Morgan fingerprint density at radius 2 is 1.82 bits per heavy atom. The van der Waals surface area contributed by atoms with Crippen molar-refractivity contribution in [2.75, 3.05) is 6.26 Å². The molecule has 0 saturated carbocycles. The van der Waals surface area contributed by atoms with E-state index in [1.165, 1.54) is 19.1 Å². The van der Waals surface area contributed by atoms with E-state index < -0.39 is 27.8 Å². The van der Waals surface area contributed by atoms with Crippen LogP contribution in [0.5, 0.6) is 0 Å². The highest BCUT2D eigenvalue weighted by Crippen LogP contribution is 2.21. The molecule has 0 aliphatic heterocycles. The third-order valence-electron chi connectivity index (χ3n) is 2.67. The van der Waals surface area contributed by atoms with E-state index in [2.05, 4.69) is 5.32 Å². The molecule has 1 rings (SSSR count). The summed E-state index contributed by atoms with van der Waals surface area (Å²) >= 11 is 5.89. The van der Waals surface area contributed by atoms with Crippen LogP contribution in [0.4, 0.5) is 0 Å². The van der Waals surface area contributed by atoms with Crippen molar-refractivity contribution < 1.29 is 22.7 Å². The molecule has 1 amide bonds. The van der Waals surface area contributed by atoms with Crippen molar-refractivity contribution in [1.29, 1.82) is 0 Å². The maximum absolute atomic E-state index is 12.1. The van der Waals surface area contributed by atoms with Gasteiger partial charge in [0.2, 0.25) is 0 Å². The van der Waals surface area contributed by atoms with Crippen molar-refractivity contribution in [2.24, 2.45) is 0 Å². The quantitative estimate of drug-likeness (QED) is 0.820. The van der Waals surface area contributed by atoms with Crippen LogP contribution in [0.3, 0.4) is 0 Å². The SMILES string of the molecule is CC(C)NC(=O)[C@@H](C)OC(=O)c1cc(S(C)(=O)=O)ccc1Cl. The van der Waals surface area contributed by atoms with E-state index in [9.17, 15) is 18.0 Å². The van der Waals surface area contributed by atoms with Gasteiger partial charge in [0.25, 0.3) is 5.91 Å². The monoisotopic (exact) mass is 347 g/mol. The van der Waals surface area contributed by atoms with Gasteiger partial charge in [-0.05, 0) is 39.0 Å². The van der Waals surface area contributed by atoms with Crippen LogP contribution in [0.15, 0.2) is 23.1 Å². The highest BCUT2D eigenvalue weighted by atomic mass is 35.5. The van der Waals surface area contributed by atoms with Crippen LogP contribution in [0, 0.1) is 0 Å². The summed E-state index contributed by atoms with van der Waals surface area (Å²) in [5, 5.41) is 2.65. The van der Waals surface area contributed by atoms with Crippen LogP contribution in [-0.4, -0.2) is 38.7 Å². The minimum atomic E-state index is -3.48. The summed E-state index contributed by atoms with van der Waals surface area (Å²) in [6.45, 7) is 4.97. The van der Waals surface area contributed by atoms with Crippen molar-refractivity contribution in [1.82, 2.24) is 5.32 Å². The fourth-order valence-corrected chi connectivity index (χ4v) is 2.41. The molecule has 0 saturated heterocycles. The number of carbonyl (C=O) groups excluding carboxylic acids is 2. The molecule has 0 heterocycles. The first kappa shape index (κ1) is 18.4. The summed E-state index contributed by atoms with van der Waals surface area (Å²) in [5.41, 5.74) is -0.103. The topological polar surface area (TPSA) is 89.5 Å². The first-order valence-corrected chi connectivity index (χ1v) is 8.80. The fourth-order valence-electron chi connectivity index (χ4n) is 1.57. The number of rotatable bonds is 5. The number of amides is 1. The number of carbonyl (C=O) groups is 2. The minimum absolute atomic E-state index is 0.0499. The van der Waals surface area contributed by atoms with Gasteiger partial charge in [-0.1, -0.05) is 11.6 Å². The zero-order valence-electron chi connectivity index (χ0n) is 12.7. The summed E-state index contributed by atoms with van der Waals surface area (Å²) < 4.78 is 28.0. The Bertz CT molecular complexity index is 684. The van der Waals surface area contributed by atoms with E-state index in [0.717, 1.165) is 12.3 Å². The van der Waals surface area contributed by atoms with E-state index in [-0.39, 0.29) is 21.5 Å². The minimum Gasteiger partial charge on any atom is -0.449 e. The first-order chi connectivity index (χ1) is 10.0. The number of nitrogens with one attached hydrogen (secondary N) is 1. The zero-order valence-corrected chi connectivity index (χ0v) is 14.3. The van der Waals surface area contributed by atoms with Gasteiger partial charge in [0.1, 0.15) is 0 Å². The fraction of sp³-hybridized carbons (Fsp3) is 0.429. The molecule has 0 bridgehead atoms. The lowest BCUT2D eigenvalue weighted by Crippen LogP contribution is -2.39. The van der Waals surface area contributed by atoms with E-state index in [1.54, 1.807) is 13.8 Å². The Morgan fingerprint density at radius 1 is 1.23 bits per heavy atom. The molecule has 0 unspecified atom stereocenters. The van der Waals surface area contributed by atoms with Crippen molar-refractivity contribution in [3.63, 3.8) is 0 Å². The van der Waals surface area contributed by atoms with Gasteiger partial charge in [-0.3, -0.25) is 4.79 Å². The van der Waals surface area contributed by atoms with Gasteiger partial charge in [-0.2, -0.15) is 0 Å². The highest BCUT2D eigenvalue weighted by molar-refractivity contribution is 7.90. The van der Waals surface area contributed by atoms with Crippen molar-refractivity contribution in [3.05, 3.63) is 28.8 Å². The predicted octanol–water partition coefficient (Wildman–Crippen LogP) is 1.81. The average Bonchev–Trinajstić information content (AvgIpc) is 2.36. The summed E-state index contributed by atoms with van der Waals surface area (Å²) in [6.07, 6.45) is -0.00259. The Balaban J connectivity index is 2.97. The Labute approximate surface area is 134 Å². The van der Waals surface area contributed by atoms with Gasteiger partial charge < -0.3 is 10.1 Å². The summed E-state index contributed by atoms with van der Waals surface area (Å²) in [6, 6.07) is 3.63. The van der Waals surface area contributed by atoms with Crippen molar-refractivity contribution in [3.8, 4) is 0 Å². The van der Waals surface area contributed by atoms with Crippen LogP contribution in [0.1, 0.15) is 31.1 Å². The summed E-state index contributed by atoms with van der Waals surface area (Å²) in [7, 11) is -3.48. The lowest BCUT2D eigenvalue weighted by atomic mass is 10.2. The van der Waals surface area contributed by atoms with Gasteiger partial charge >= 0.3 is 5.97 Å². The summed E-state index contributed by atoms with van der Waals surface area (Å²) in [4.78, 5) is 23.7. The molecule has 0 aliphatic carbocycles.